The Morgan fingerprint density at radius 3 is 2.88 bits per heavy atom. The molecule has 1 heterocycles. The summed E-state index contributed by atoms with van der Waals surface area (Å²) in [5, 5.41) is 3.20. The van der Waals surface area contributed by atoms with Gasteiger partial charge in [0, 0.05) is 17.0 Å². The van der Waals surface area contributed by atoms with Crippen molar-refractivity contribution >= 4 is 17.4 Å². The minimum absolute atomic E-state index is 0.0396. The molecule has 1 atom stereocenters. The van der Waals surface area contributed by atoms with Gasteiger partial charge in [0.15, 0.2) is 5.96 Å². The molecule has 0 amide bonds. The number of guanidine groups is 1. The lowest BCUT2D eigenvalue weighted by atomic mass is 10.0. The smallest absolute Gasteiger partial charge is 0.217 e. The van der Waals surface area contributed by atoms with Gasteiger partial charge in [-0.2, -0.15) is 0 Å². The van der Waals surface area contributed by atoms with Crippen molar-refractivity contribution in [3.05, 3.63) is 29.3 Å². The van der Waals surface area contributed by atoms with E-state index in [0.29, 0.717) is 0 Å². The average molecular weight is 231 g/mol. The molecule has 0 saturated heterocycles. The van der Waals surface area contributed by atoms with Gasteiger partial charge in [-0.05, 0) is 25.0 Å². The molecule has 0 aromatic heterocycles. The molecule has 5 nitrogen and oxygen atoms in total. The molecule has 1 aliphatic rings. The summed E-state index contributed by atoms with van der Waals surface area (Å²) in [6.45, 7) is 4.12. The Balaban J connectivity index is 2.42. The van der Waals surface area contributed by atoms with Crippen LogP contribution in [0.4, 0.5) is 5.69 Å². The fraction of sp³-hybridized carbons (Fsp3) is 0.333. The van der Waals surface area contributed by atoms with Crippen LogP contribution in [0.15, 0.2) is 28.2 Å². The summed E-state index contributed by atoms with van der Waals surface area (Å²) in [4.78, 5) is 8.51. The van der Waals surface area contributed by atoms with Gasteiger partial charge >= 0.3 is 0 Å². The van der Waals surface area contributed by atoms with Crippen molar-refractivity contribution in [2.45, 2.75) is 26.6 Å². The Labute approximate surface area is 101 Å². The van der Waals surface area contributed by atoms with Crippen LogP contribution in [-0.4, -0.2) is 18.0 Å². The van der Waals surface area contributed by atoms with Crippen LogP contribution < -0.4 is 16.8 Å². The molecule has 0 bridgehead atoms. The Morgan fingerprint density at radius 2 is 2.24 bits per heavy atom. The molecule has 1 aromatic rings. The number of rotatable bonds is 2. The molecule has 2 rings (SSSR count). The van der Waals surface area contributed by atoms with E-state index in [9.17, 15) is 0 Å². The fourth-order valence-corrected chi connectivity index (χ4v) is 1.90. The minimum atomic E-state index is -0.413. The molecule has 0 aliphatic carbocycles. The summed E-state index contributed by atoms with van der Waals surface area (Å²) in [6.07, 6.45) is 0.443. The molecule has 5 N–H and O–H groups in total. The number of nitrogens with two attached hydrogens (primary N) is 2. The molecule has 1 aliphatic heterocycles. The molecule has 90 valence electrons. The number of aliphatic imine (C=N–C) groups is 2. The second-order valence-electron chi connectivity index (χ2n) is 4.05. The third kappa shape index (κ3) is 2.38. The van der Waals surface area contributed by atoms with Crippen LogP contribution in [0.25, 0.3) is 0 Å². The number of anilines is 1. The lowest BCUT2D eigenvalue weighted by Crippen LogP contribution is -2.30. The van der Waals surface area contributed by atoms with Crippen LogP contribution in [0, 0.1) is 6.92 Å². The number of nitrogens with one attached hydrogen (secondary N) is 1. The number of hydrogen-bond acceptors (Lipinski definition) is 3. The predicted molar refractivity (Wildman–Crippen MR) is 71.2 cm³/mol. The predicted octanol–water partition coefficient (Wildman–Crippen LogP) is 1.18. The molecule has 0 unspecified atom stereocenters. The number of hydrogen-bond donors (Lipinski definition) is 3. The average Bonchev–Trinajstić information content (AvgIpc) is 2.26. The topological polar surface area (TPSA) is 88.8 Å². The molecule has 0 spiro atoms. The number of aryl methyl sites for hydroxylation is 1. The first kappa shape index (κ1) is 11.4. The zero-order valence-electron chi connectivity index (χ0n) is 10.1. The first-order valence-electron chi connectivity index (χ1n) is 5.63. The van der Waals surface area contributed by atoms with Crippen molar-refractivity contribution in [1.82, 2.24) is 0 Å². The molecular weight excluding hydrogens is 214 g/mol. The highest BCUT2D eigenvalue weighted by Gasteiger charge is 2.18. The number of fused-ring (bicyclic) bond motifs is 1. The van der Waals surface area contributed by atoms with E-state index in [2.05, 4.69) is 47.3 Å². The van der Waals surface area contributed by atoms with Gasteiger partial charge in [0.25, 0.3) is 0 Å². The highest BCUT2D eigenvalue weighted by Crippen LogP contribution is 2.25. The zero-order valence-corrected chi connectivity index (χ0v) is 10.1. The number of benzene rings is 1. The molecule has 0 saturated carbocycles. The van der Waals surface area contributed by atoms with Crippen LogP contribution >= 0.6 is 0 Å². The van der Waals surface area contributed by atoms with E-state index in [0.717, 1.165) is 23.4 Å². The van der Waals surface area contributed by atoms with Crippen molar-refractivity contribution in [2.24, 2.45) is 21.5 Å². The first-order valence-corrected chi connectivity index (χ1v) is 5.63. The fourth-order valence-electron chi connectivity index (χ4n) is 1.90. The standard InChI is InChI=1S/C12H17N5/c1-3-9-8-5-4-7(2)6-10(8)16-12(15-9)17-11(13)14/h4-6,12,16H,3H2,1-2H3,(H4,13,14,17)/t12-/m1/s1. The summed E-state index contributed by atoms with van der Waals surface area (Å²) in [7, 11) is 0. The van der Waals surface area contributed by atoms with Gasteiger partial charge in [-0.15, -0.1) is 0 Å². The monoisotopic (exact) mass is 231 g/mol. The second kappa shape index (κ2) is 4.45. The lowest BCUT2D eigenvalue weighted by molar-refractivity contribution is 0.793. The van der Waals surface area contributed by atoms with Crippen molar-refractivity contribution in [3.8, 4) is 0 Å². The van der Waals surface area contributed by atoms with Crippen LogP contribution in [0.2, 0.25) is 0 Å². The maximum absolute atomic E-state index is 5.38. The Hall–Kier alpha value is -2.04. The van der Waals surface area contributed by atoms with Gasteiger partial charge in [-0.3, -0.25) is 0 Å². The molecule has 1 aromatic carbocycles. The van der Waals surface area contributed by atoms with Gasteiger partial charge in [0.05, 0.1) is 0 Å². The Bertz CT molecular complexity index is 486. The number of nitrogens with zero attached hydrogens (tertiary/aromatic N) is 2. The lowest BCUT2D eigenvalue weighted by Gasteiger charge is -2.23. The summed E-state index contributed by atoms with van der Waals surface area (Å²) in [5.41, 5.74) is 15.1. The molecule has 0 fully saturated rings. The van der Waals surface area contributed by atoms with Gasteiger partial charge in [0.1, 0.15) is 0 Å². The molecule has 17 heavy (non-hydrogen) atoms. The van der Waals surface area contributed by atoms with Gasteiger partial charge in [-0.1, -0.05) is 19.1 Å². The second-order valence-corrected chi connectivity index (χ2v) is 4.05. The normalized spacial score (nSPS) is 17.8. The maximum Gasteiger partial charge on any atom is 0.217 e. The van der Waals surface area contributed by atoms with Crippen molar-refractivity contribution in [3.63, 3.8) is 0 Å². The maximum atomic E-state index is 5.38. The highest BCUT2D eigenvalue weighted by atomic mass is 15.3. The Kier molecular flexibility index (Phi) is 2.99. The van der Waals surface area contributed by atoms with Crippen molar-refractivity contribution in [2.75, 3.05) is 5.32 Å². The van der Waals surface area contributed by atoms with Gasteiger partial charge in [0.2, 0.25) is 6.29 Å². The minimum Gasteiger partial charge on any atom is -0.370 e. The summed E-state index contributed by atoms with van der Waals surface area (Å²) in [6, 6.07) is 6.23. The van der Waals surface area contributed by atoms with E-state index in [1.54, 1.807) is 0 Å². The van der Waals surface area contributed by atoms with E-state index in [4.69, 9.17) is 11.5 Å². The summed E-state index contributed by atoms with van der Waals surface area (Å²) >= 11 is 0. The molecular formula is C12H17N5. The van der Waals surface area contributed by atoms with Crippen molar-refractivity contribution < 1.29 is 0 Å². The highest BCUT2D eigenvalue weighted by molar-refractivity contribution is 6.06. The largest absolute Gasteiger partial charge is 0.370 e. The Morgan fingerprint density at radius 1 is 1.47 bits per heavy atom. The first-order chi connectivity index (χ1) is 8.10. The molecule has 5 heteroatoms. The van der Waals surface area contributed by atoms with E-state index in [-0.39, 0.29) is 5.96 Å². The van der Waals surface area contributed by atoms with Gasteiger partial charge < -0.3 is 16.8 Å². The quantitative estimate of drug-likeness (QED) is 0.527. The van der Waals surface area contributed by atoms with Crippen LogP contribution in [-0.2, 0) is 0 Å². The molecule has 0 radical (unpaired) electrons. The van der Waals surface area contributed by atoms with Crippen LogP contribution in [0.5, 0.6) is 0 Å². The summed E-state index contributed by atoms with van der Waals surface area (Å²) < 4.78 is 0. The van der Waals surface area contributed by atoms with Crippen molar-refractivity contribution in [1.29, 1.82) is 0 Å². The SMILES string of the molecule is CCC1=N[C@@H](N=C(N)N)Nc2cc(C)ccc21. The van der Waals surface area contributed by atoms with Crippen LogP contribution in [0.3, 0.4) is 0 Å². The third-order valence-electron chi connectivity index (χ3n) is 2.65. The van der Waals surface area contributed by atoms with E-state index in [1.165, 1.54) is 5.56 Å². The van der Waals surface area contributed by atoms with E-state index in [1.807, 2.05) is 0 Å². The van der Waals surface area contributed by atoms with Crippen LogP contribution in [0.1, 0.15) is 24.5 Å². The third-order valence-corrected chi connectivity index (χ3v) is 2.65. The zero-order chi connectivity index (χ0) is 12.4. The van der Waals surface area contributed by atoms with E-state index < -0.39 is 6.29 Å². The van der Waals surface area contributed by atoms with Gasteiger partial charge in [-0.25, -0.2) is 9.98 Å². The van der Waals surface area contributed by atoms with E-state index >= 15 is 0 Å². The summed E-state index contributed by atoms with van der Waals surface area (Å²) in [5.74, 6) is 0.0396.